The van der Waals surface area contributed by atoms with Crippen molar-refractivity contribution < 1.29 is 5.11 Å². The van der Waals surface area contributed by atoms with E-state index >= 15 is 0 Å². The van der Waals surface area contributed by atoms with Crippen LogP contribution in [0.15, 0.2) is 30.5 Å². The SMILES string of the molecule is CC#N.[O]c1ccc(Cl)c2cccnc12. The summed E-state index contributed by atoms with van der Waals surface area (Å²) in [7, 11) is 0. The molecule has 0 N–H and O–H groups in total. The summed E-state index contributed by atoms with van der Waals surface area (Å²) >= 11 is 5.85. The number of aromatic nitrogens is 1. The van der Waals surface area contributed by atoms with Gasteiger partial charge >= 0.3 is 0 Å². The molecule has 0 amide bonds. The number of nitriles is 1. The zero-order valence-corrected chi connectivity index (χ0v) is 8.82. The van der Waals surface area contributed by atoms with Crippen molar-refractivity contribution in [1.82, 2.24) is 4.98 Å². The molecular formula is C11H8ClN2O. The summed E-state index contributed by atoms with van der Waals surface area (Å²) in [5, 5.41) is 19.8. The third-order valence-electron chi connectivity index (χ3n) is 1.68. The van der Waals surface area contributed by atoms with Gasteiger partial charge in [0.15, 0.2) is 0 Å². The van der Waals surface area contributed by atoms with Gasteiger partial charge in [-0.05, 0) is 24.3 Å². The van der Waals surface area contributed by atoms with Gasteiger partial charge in [0.25, 0.3) is 0 Å². The Balaban J connectivity index is 0.000000337. The molecule has 0 unspecified atom stereocenters. The van der Waals surface area contributed by atoms with Crippen LogP contribution in [0.1, 0.15) is 6.92 Å². The minimum atomic E-state index is -0.0880. The number of fused-ring (bicyclic) bond motifs is 1. The third-order valence-corrected chi connectivity index (χ3v) is 2.01. The smallest absolute Gasteiger partial charge is 0.204 e. The van der Waals surface area contributed by atoms with Crippen LogP contribution in [0.2, 0.25) is 5.02 Å². The molecule has 2 rings (SSSR count). The fraction of sp³-hybridized carbons (Fsp3) is 0.0909. The molecule has 4 heteroatoms. The summed E-state index contributed by atoms with van der Waals surface area (Å²) in [4.78, 5) is 3.94. The molecule has 75 valence electrons. The first kappa shape index (κ1) is 11.3. The van der Waals surface area contributed by atoms with Crippen LogP contribution in [-0.4, -0.2) is 4.98 Å². The highest BCUT2D eigenvalue weighted by molar-refractivity contribution is 6.35. The van der Waals surface area contributed by atoms with Crippen molar-refractivity contribution in [1.29, 1.82) is 5.26 Å². The molecular weight excluding hydrogens is 212 g/mol. The Bertz CT molecular complexity index is 465. The summed E-state index contributed by atoms with van der Waals surface area (Å²) < 4.78 is 0. The van der Waals surface area contributed by atoms with Crippen LogP contribution < -0.4 is 0 Å². The number of nitrogens with zero attached hydrogens (tertiary/aromatic N) is 2. The van der Waals surface area contributed by atoms with Crippen molar-refractivity contribution in [3.63, 3.8) is 0 Å². The molecule has 0 saturated carbocycles. The maximum atomic E-state index is 11.2. The zero-order chi connectivity index (χ0) is 11.3. The highest BCUT2D eigenvalue weighted by Gasteiger charge is 2.04. The molecule has 1 radical (unpaired) electrons. The first-order valence-corrected chi connectivity index (χ1v) is 4.59. The summed E-state index contributed by atoms with van der Waals surface area (Å²) in [6.45, 7) is 1.43. The molecule has 15 heavy (non-hydrogen) atoms. The van der Waals surface area contributed by atoms with Crippen molar-refractivity contribution >= 4 is 22.5 Å². The van der Waals surface area contributed by atoms with E-state index in [-0.39, 0.29) is 5.75 Å². The van der Waals surface area contributed by atoms with E-state index in [0.717, 1.165) is 0 Å². The van der Waals surface area contributed by atoms with Crippen molar-refractivity contribution in [2.75, 3.05) is 0 Å². The maximum Gasteiger partial charge on any atom is 0.204 e. The number of hydrogen-bond donors (Lipinski definition) is 0. The van der Waals surface area contributed by atoms with Crippen molar-refractivity contribution in [3.8, 4) is 11.8 Å². The van der Waals surface area contributed by atoms with Gasteiger partial charge in [0.05, 0.1) is 11.1 Å². The van der Waals surface area contributed by atoms with Crippen LogP contribution >= 0.6 is 11.6 Å². The lowest BCUT2D eigenvalue weighted by molar-refractivity contribution is 0.359. The standard InChI is InChI=1S/C9H5ClNO.C2H3N/c10-7-3-4-8(12)9-6(7)2-1-5-11-9;1-2-3/h1-5H;1H3. The first-order chi connectivity index (χ1) is 7.20. The van der Waals surface area contributed by atoms with E-state index in [2.05, 4.69) is 4.98 Å². The Morgan fingerprint density at radius 3 is 2.67 bits per heavy atom. The molecule has 0 spiro atoms. The second-order valence-electron chi connectivity index (χ2n) is 2.67. The van der Waals surface area contributed by atoms with E-state index in [1.807, 2.05) is 0 Å². The predicted molar refractivity (Wildman–Crippen MR) is 58.2 cm³/mol. The topological polar surface area (TPSA) is 56.6 Å². The molecule has 0 aliphatic heterocycles. The van der Waals surface area contributed by atoms with E-state index in [1.54, 1.807) is 30.5 Å². The minimum absolute atomic E-state index is 0.0880. The third kappa shape index (κ3) is 2.58. The molecule has 1 aromatic carbocycles. The fourth-order valence-electron chi connectivity index (χ4n) is 1.11. The normalized spacial score (nSPS) is 8.87. The van der Waals surface area contributed by atoms with Gasteiger partial charge in [0, 0.05) is 18.5 Å². The predicted octanol–water partition coefficient (Wildman–Crippen LogP) is 3.56. The maximum absolute atomic E-state index is 11.2. The monoisotopic (exact) mass is 219 g/mol. The number of halogens is 1. The van der Waals surface area contributed by atoms with E-state index < -0.39 is 0 Å². The van der Waals surface area contributed by atoms with Gasteiger partial charge in [-0.15, -0.1) is 0 Å². The Morgan fingerprint density at radius 1 is 1.40 bits per heavy atom. The average molecular weight is 220 g/mol. The van der Waals surface area contributed by atoms with E-state index in [9.17, 15) is 5.11 Å². The lowest BCUT2D eigenvalue weighted by Crippen LogP contribution is -1.78. The molecule has 0 aliphatic carbocycles. The van der Waals surface area contributed by atoms with Crippen molar-refractivity contribution in [3.05, 3.63) is 35.5 Å². The summed E-state index contributed by atoms with van der Waals surface area (Å²) in [6, 6.07) is 8.31. The molecule has 3 nitrogen and oxygen atoms in total. The lowest BCUT2D eigenvalue weighted by atomic mass is 10.2. The summed E-state index contributed by atoms with van der Waals surface area (Å²) in [5.74, 6) is -0.0880. The van der Waals surface area contributed by atoms with Crippen LogP contribution in [0.25, 0.3) is 10.9 Å². The highest BCUT2D eigenvalue weighted by Crippen LogP contribution is 2.28. The summed E-state index contributed by atoms with van der Waals surface area (Å²) in [6.07, 6.45) is 1.58. The molecule has 0 bridgehead atoms. The second kappa shape index (κ2) is 5.18. The van der Waals surface area contributed by atoms with Crippen LogP contribution in [0.4, 0.5) is 0 Å². The van der Waals surface area contributed by atoms with Gasteiger partial charge in [-0.25, -0.2) is 0 Å². The second-order valence-corrected chi connectivity index (χ2v) is 3.08. The molecule has 0 atom stereocenters. The number of benzene rings is 1. The van der Waals surface area contributed by atoms with Crippen LogP contribution in [0.3, 0.4) is 0 Å². The molecule has 0 fully saturated rings. The number of pyridine rings is 1. The zero-order valence-electron chi connectivity index (χ0n) is 8.07. The van der Waals surface area contributed by atoms with Gasteiger partial charge in [-0.1, -0.05) is 11.6 Å². The first-order valence-electron chi connectivity index (χ1n) is 4.21. The van der Waals surface area contributed by atoms with E-state index in [1.165, 1.54) is 13.0 Å². The highest BCUT2D eigenvalue weighted by atomic mass is 35.5. The Labute approximate surface area is 92.6 Å². The van der Waals surface area contributed by atoms with Crippen molar-refractivity contribution in [2.24, 2.45) is 0 Å². The Hall–Kier alpha value is -1.79. The van der Waals surface area contributed by atoms with E-state index in [4.69, 9.17) is 16.9 Å². The fourth-order valence-corrected chi connectivity index (χ4v) is 1.33. The minimum Gasteiger partial charge on any atom is -0.288 e. The van der Waals surface area contributed by atoms with Crippen LogP contribution in [-0.2, 0) is 5.11 Å². The Morgan fingerprint density at radius 2 is 2.07 bits per heavy atom. The molecule has 1 aromatic heterocycles. The average Bonchev–Trinajstić information content (AvgIpc) is 2.25. The Kier molecular flexibility index (Phi) is 3.90. The number of rotatable bonds is 0. The molecule has 0 saturated heterocycles. The van der Waals surface area contributed by atoms with Gasteiger partial charge in [-0.3, -0.25) is 10.1 Å². The van der Waals surface area contributed by atoms with Gasteiger partial charge < -0.3 is 0 Å². The quantitative estimate of drug-likeness (QED) is 0.680. The van der Waals surface area contributed by atoms with Gasteiger partial charge in [0.1, 0.15) is 5.52 Å². The van der Waals surface area contributed by atoms with Gasteiger partial charge in [0.2, 0.25) is 5.75 Å². The molecule has 0 aliphatic rings. The lowest BCUT2D eigenvalue weighted by Gasteiger charge is -1.98. The van der Waals surface area contributed by atoms with Gasteiger partial charge in [-0.2, -0.15) is 5.26 Å². The number of hydrogen-bond acceptors (Lipinski definition) is 2. The largest absolute Gasteiger partial charge is 0.288 e. The van der Waals surface area contributed by atoms with E-state index in [0.29, 0.717) is 15.9 Å². The summed E-state index contributed by atoms with van der Waals surface area (Å²) in [5.41, 5.74) is 0.435. The molecule has 1 heterocycles. The van der Waals surface area contributed by atoms with Crippen LogP contribution in [0, 0.1) is 11.3 Å². The van der Waals surface area contributed by atoms with Crippen molar-refractivity contribution in [2.45, 2.75) is 6.92 Å². The van der Waals surface area contributed by atoms with Crippen LogP contribution in [0.5, 0.6) is 5.75 Å². The molecule has 2 aromatic rings.